The van der Waals surface area contributed by atoms with E-state index in [1.807, 2.05) is 19.9 Å². The van der Waals surface area contributed by atoms with E-state index in [9.17, 15) is 4.39 Å². The van der Waals surface area contributed by atoms with E-state index >= 15 is 0 Å². The number of aromatic nitrogens is 4. The van der Waals surface area contributed by atoms with Gasteiger partial charge in [-0.05, 0) is 32.0 Å². The Morgan fingerprint density at radius 1 is 1.10 bits per heavy atom. The van der Waals surface area contributed by atoms with Crippen molar-refractivity contribution in [3.63, 3.8) is 0 Å². The van der Waals surface area contributed by atoms with Crippen molar-refractivity contribution >= 4 is 0 Å². The molecule has 21 heavy (non-hydrogen) atoms. The molecule has 3 rings (SSSR count). The van der Waals surface area contributed by atoms with E-state index in [2.05, 4.69) is 15.1 Å². The summed E-state index contributed by atoms with van der Waals surface area (Å²) in [6.07, 6.45) is 1.36. The SMILES string of the molecule is Cc1cc(C)n(-c2cc(Oc3ccccc3F)ncn2)n1. The van der Waals surface area contributed by atoms with E-state index in [4.69, 9.17) is 4.74 Å². The Labute approximate surface area is 121 Å². The lowest BCUT2D eigenvalue weighted by atomic mass is 10.3. The molecule has 0 aliphatic heterocycles. The number of rotatable bonds is 3. The highest BCUT2D eigenvalue weighted by atomic mass is 19.1. The summed E-state index contributed by atoms with van der Waals surface area (Å²) in [6, 6.07) is 9.73. The van der Waals surface area contributed by atoms with Crippen LogP contribution in [0.25, 0.3) is 5.82 Å². The largest absolute Gasteiger partial charge is 0.436 e. The summed E-state index contributed by atoms with van der Waals surface area (Å²) in [6.45, 7) is 3.83. The van der Waals surface area contributed by atoms with Gasteiger partial charge in [0.2, 0.25) is 5.88 Å². The third-order valence-corrected chi connectivity index (χ3v) is 2.91. The standard InChI is InChI=1S/C15H13FN4O/c1-10-7-11(2)20(19-10)14-8-15(18-9-17-14)21-13-6-4-3-5-12(13)16/h3-9H,1-2H3. The maximum atomic E-state index is 13.6. The number of nitrogens with zero attached hydrogens (tertiary/aromatic N) is 4. The first-order chi connectivity index (χ1) is 10.1. The summed E-state index contributed by atoms with van der Waals surface area (Å²) in [5.41, 5.74) is 1.84. The quantitative estimate of drug-likeness (QED) is 0.741. The summed E-state index contributed by atoms with van der Waals surface area (Å²) < 4.78 is 20.7. The van der Waals surface area contributed by atoms with E-state index in [-0.39, 0.29) is 11.6 Å². The van der Waals surface area contributed by atoms with Gasteiger partial charge in [-0.3, -0.25) is 0 Å². The number of ether oxygens (including phenoxy) is 1. The number of hydrogen-bond acceptors (Lipinski definition) is 4. The average Bonchev–Trinajstić information content (AvgIpc) is 2.81. The highest BCUT2D eigenvalue weighted by Crippen LogP contribution is 2.23. The van der Waals surface area contributed by atoms with Gasteiger partial charge in [-0.1, -0.05) is 12.1 Å². The minimum atomic E-state index is -0.441. The molecule has 0 amide bonds. The van der Waals surface area contributed by atoms with Gasteiger partial charge in [-0.15, -0.1) is 0 Å². The fraction of sp³-hybridized carbons (Fsp3) is 0.133. The molecule has 0 spiro atoms. The van der Waals surface area contributed by atoms with Gasteiger partial charge in [-0.25, -0.2) is 19.0 Å². The average molecular weight is 284 g/mol. The number of hydrogen-bond donors (Lipinski definition) is 0. The fourth-order valence-corrected chi connectivity index (χ4v) is 2.00. The zero-order chi connectivity index (χ0) is 14.8. The summed E-state index contributed by atoms with van der Waals surface area (Å²) in [5.74, 6) is 0.513. The second-order valence-corrected chi connectivity index (χ2v) is 4.59. The molecule has 0 aliphatic rings. The van der Waals surface area contributed by atoms with E-state index in [1.54, 1.807) is 28.9 Å². The smallest absolute Gasteiger partial charge is 0.224 e. The van der Waals surface area contributed by atoms with Crippen LogP contribution in [0.4, 0.5) is 4.39 Å². The van der Waals surface area contributed by atoms with Crippen LogP contribution in [-0.4, -0.2) is 19.7 Å². The Kier molecular flexibility index (Phi) is 3.35. The summed E-state index contributed by atoms with van der Waals surface area (Å²) >= 11 is 0. The van der Waals surface area contributed by atoms with Crippen molar-refractivity contribution in [3.8, 4) is 17.4 Å². The lowest BCUT2D eigenvalue weighted by molar-refractivity contribution is 0.426. The van der Waals surface area contributed by atoms with E-state index in [0.29, 0.717) is 5.82 Å². The molecule has 6 heteroatoms. The zero-order valence-electron chi connectivity index (χ0n) is 11.6. The lowest BCUT2D eigenvalue weighted by Crippen LogP contribution is -2.03. The van der Waals surface area contributed by atoms with Crippen LogP contribution >= 0.6 is 0 Å². The molecule has 0 aliphatic carbocycles. The third-order valence-electron chi connectivity index (χ3n) is 2.91. The second kappa shape index (κ2) is 5.32. The molecule has 5 nitrogen and oxygen atoms in total. The molecule has 0 radical (unpaired) electrons. The van der Waals surface area contributed by atoms with Crippen molar-refractivity contribution in [2.24, 2.45) is 0 Å². The van der Waals surface area contributed by atoms with Crippen molar-refractivity contribution in [1.82, 2.24) is 19.7 Å². The number of benzene rings is 1. The predicted molar refractivity (Wildman–Crippen MR) is 75.1 cm³/mol. The van der Waals surface area contributed by atoms with Crippen molar-refractivity contribution in [2.75, 3.05) is 0 Å². The minimum Gasteiger partial charge on any atom is -0.436 e. The Balaban J connectivity index is 1.94. The van der Waals surface area contributed by atoms with Crippen molar-refractivity contribution in [2.45, 2.75) is 13.8 Å². The van der Waals surface area contributed by atoms with Gasteiger partial charge in [-0.2, -0.15) is 5.10 Å². The molecule has 0 saturated carbocycles. The topological polar surface area (TPSA) is 52.8 Å². The van der Waals surface area contributed by atoms with Crippen LogP contribution in [0.5, 0.6) is 11.6 Å². The van der Waals surface area contributed by atoms with E-state index < -0.39 is 5.82 Å². The molecule has 2 aromatic heterocycles. The normalized spacial score (nSPS) is 10.6. The molecule has 0 N–H and O–H groups in total. The van der Waals surface area contributed by atoms with Crippen LogP contribution in [0, 0.1) is 19.7 Å². The number of aryl methyl sites for hydroxylation is 2. The van der Waals surface area contributed by atoms with Crippen LogP contribution in [0.1, 0.15) is 11.4 Å². The Morgan fingerprint density at radius 2 is 1.90 bits per heavy atom. The predicted octanol–water partition coefficient (Wildman–Crippen LogP) is 3.21. The van der Waals surface area contributed by atoms with Gasteiger partial charge in [0.05, 0.1) is 5.69 Å². The minimum absolute atomic E-state index is 0.121. The van der Waals surface area contributed by atoms with Crippen LogP contribution in [-0.2, 0) is 0 Å². The number of para-hydroxylation sites is 1. The molecular weight excluding hydrogens is 271 g/mol. The highest BCUT2D eigenvalue weighted by molar-refractivity contribution is 5.33. The van der Waals surface area contributed by atoms with Gasteiger partial charge in [0, 0.05) is 11.8 Å². The molecule has 0 unspecified atom stereocenters. The van der Waals surface area contributed by atoms with Gasteiger partial charge >= 0.3 is 0 Å². The summed E-state index contributed by atoms with van der Waals surface area (Å²) in [5, 5.41) is 4.34. The Hall–Kier alpha value is -2.76. The Bertz CT molecular complexity index is 785. The monoisotopic (exact) mass is 284 g/mol. The number of halogens is 1. The van der Waals surface area contributed by atoms with Crippen LogP contribution in [0.2, 0.25) is 0 Å². The first-order valence-corrected chi connectivity index (χ1v) is 6.41. The van der Waals surface area contributed by atoms with Gasteiger partial charge in [0.15, 0.2) is 17.4 Å². The zero-order valence-corrected chi connectivity index (χ0v) is 11.6. The highest BCUT2D eigenvalue weighted by Gasteiger charge is 2.09. The van der Waals surface area contributed by atoms with Crippen molar-refractivity contribution in [1.29, 1.82) is 0 Å². The molecule has 0 saturated heterocycles. The summed E-state index contributed by atoms with van der Waals surface area (Å²) in [7, 11) is 0. The molecule has 0 fully saturated rings. The van der Waals surface area contributed by atoms with Gasteiger partial charge in [0.25, 0.3) is 0 Å². The van der Waals surface area contributed by atoms with E-state index in [0.717, 1.165) is 11.4 Å². The molecule has 0 bridgehead atoms. The fourth-order valence-electron chi connectivity index (χ4n) is 2.00. The maximum Gasteiger partial charge on any atom is 0.224 e. The molecule has 106 valence electrons. The first-order valence-electron chi connectivity index (χ1n) is 6.41. The molecule has 0 atom stereocenters. The van der Waals surface area contributed by atoms with Crippen LogP contribution in [0.3, 0.4) is 0 Å². The first kappa shape index (κ1) is 13.2. The van der Waals surface area contributed by atoms with Gasteiger partial charge < -0.3 is 4.74 Å². The van der Waals surface area contributed by atoms with Crippen LogP contribution in [0.15, 0.2) is 42.7 Å². The van der Waals surface area contributed by atoms with E-state index in [1.165, 1.54) is 12.4 Å². The van der Waals surface area contributed by atoms with Gasteiger partial charge in [0.1, 0.15) is 6.33 Å². The Morgan fingerprint density at radius 3 is 2.62 bits per heavy atom. The molecular formula is C15H13FN4O. The molecule has 3 aromatic rings. The van der Waals surface area contributed by atoms with Crippen molar-refractivity contribution < 1.29 is 9.13 Å². The van der Waals surface area contributed by atoms with Crippen molar-refractivity contribution in [3.05, 3.63) is 59.9 Å². The molecule has 2 heterocycles. The van der Waals surface area contributed by atoms with Crippen LogP contribution < -0.4 is 4.74 Å². The molecule has 1 aromatic carbocycles. The third kappa shape index (κ3) is 2.74. The lowest BCUT2D eigenvalue weighted by Gasteiger charge is -2.07. The maximum absolute atomic E-state index is 13.6. The summed E-state index contributed by atoms with van der Waals surface area (Å²) in [4.78, 5) is 8.16. The second-order valence-electron chi connectivity index (χ2n) is 4.59.